The first-order valence-corrected chi connectivity index (χ1v) is 5.71. The lowest BCUT2D eigenvalue weighted by molar-refractivity contribution is 0.642. The van der Waals surface area contributed by atoms with Crippen LogP contribution in [0.25, 0.3) is 0 Å². The summed E-state index contributed by atoms with van der Waals surface area (Å²) in [5, 5.41) is 2.94. The van der Waals surface area contributed by atoms with Gasteiger partial charge in [-0.1, -0.05) is 39.5 Å². The van der Waals surface area contributed by atoms with Crippen LogP contribution in [0.3, 0.4) is 0 Å². The third-order valence-corrected chi connectivity index (χ3v) is 2.13. The second-order valence-corrected chi connectivity index (χ2v) is 3.55. The molecular weight excluding hydrogens is 176 g/mol. The molecule has 0 aliphatic carbocycles. The fraction of sp³-hybridized carbons (Fsp3) is 0.909. The van der Waals surface area contributed by atoms with E-state index in [-0.39, 0.29) is 0 Å². The highest BCUT2D eigenvalue weighted by molar-refractivity contribution is 5.82. The van der Waals surface area contributed by atoms with Crippen LogP contribution in [0.5, 0.6) is 0 Å². The molecule has 0 radical (unpaired) electrons. The Kier molecular flexibility index (Phi) is 9.81. The average molecular weight is 198 g/mol. The highest BCUT2D eigenvalue weighted by Crippen LogP contribution is 2.06. The molecule has 0 unspecified atom stereocenters. The Morgan fingerprint density at radius 2 is 1.71 bits per heavy atom. The monoisotopic (exact) mass is 198 g/mol. The van der Waals surface area contributed by atoms with E-state index in [1.54, 1.807) is 0 Å². The molecule has 3 nitrogen and oxygen atoms in total. The zero-order valence-corrected chi connectivity index (χ0v) is 9.46. The van der Waals surface area contributed by atoms with E-state index in [2.05, 4.69) is 17.1 Å². The number of nitroso groups, excluding NO2 is 1. The van der Waals surface area contributed by atoms with Gasteiger partial charge in [-0.05, 0) is 18.0 Å². The molecule has 0 bridgehead atoms. The summed E-state index contributed by atoms with van der Waals surface area (Å²) in [6.07, 6.45) is 7.78. The molecule has 0 aliphatic heterocycles. The maximum atomic E-state index is 10.4. The Balaban J connectivity index is 3.47. The quantitative estimate of drug-likeness (QED) is 0.252. The molecule has 0 aromatic heterocycles. The SMILES string of the molecule is CCCCCCCC(N=O)=NCCC. The fourth-order valence-corrected chi connectivity index (χ4v) is 1.28. The summed E-state index contributed by atoms with van der Waals surface area (Å²) >= 11 is 0. The van der Waals surface area contributed by atoms with Crippen molar-refractivity contribution in [3.8, 4) is 0 Å². The highest BCUT2D eigenvalue weighted by atomic mass is 16.3. The molecule has 82 valence electrons. The number of hydrogen-bond acceptors (Lipinski definition) is 2. The van der Waals surface area contributed by atoms with Crippen LogP contribution in [0.2, 0.25) is 0 Å². The number of aliphatic imine (C=N–C) groups is 1. The van der Waals surface area contributed by atoms with E-state index in [0.29, 0.717) is 5.84 Å². The van der Waals surface area contributed by atoms with Gasteiger partial charge in [0.25, 0.3) is 0 Å². The summed E-state index contributed by atoms with van der Waals surface area (Å²) in [7, 11) is 0. The van der Waals surface area contributed by atoms with Crippen molar-refractivity contribution in [3.05, 3.63) is 4.91 Å². The predicted octanol–water partition coefficient (Wildman–Crippen LogP) is 3.92. The standard InChI is InChI=1S/C11H22N2O/c1-3-5-6-7-8-9-11(13-14)12-10-4-2/h3-10H2,1-2H3. The van der Waals surface area contributed by atoms with Crippen LogP contribution in [0, 0.1) is 4.91 Å². The molecule has 0 heterocycles. The third kappa shape index (κ3) is 7.90. The number of amidine groups is 1. The van der Waals surface area contributed by atoms with Crippen LogP contribution < -0.4 is 0 Å². The molecule has 0 aliphatic rings. The first-order chi connectivity index (χ1) is 6.85. The minimum absolute atomic E-state index is 0.503. The molecule has 0 aromatic rings. The maximum absolute atomic E-state index is 10.4. The number of unbranched alkanes of at least 4 members (excludes halogenated alkanes) is 4. The van der Waals surface area contributed by atoms with E-state index in [4.69, 9.17) is 0 Å². The molecule has 0 atom stereocenters. The van der Waals surface area contributed by atoms with Gasteiger partial charge in [0.15, 0.2) is 5.84 Å². The molecule has 0 saturated heterocycles. The van der Waals surface area contributed by atoms with Gasteiger partial charge in [-0.15, -0.1) is 4.91 Å². The summed E-state index contributed by atoms with van der Waals surface area (Å²) in [6.45, 7) is 4.98. The highest BCUT2D eigenvalue weighted by Gasteiger charge is 1.98. The molecule has 0 N–H and O–H groups in total. The van der Waals surface area contributed by atoms with E-state index >= 15 is 0 Å². The Morgan fingerprint density at radius 3 is 2.29 bits per heavy atom. The van der Waals surface area contributed by atoms with Crippen LogP contribution >= 0.6 is 0 Å². The molecule has 0 amide bonds. The first-order valence-electron chi connectivity index (χ1n) is 5.71. The van der Waals surface area contributed by atoms with Gasteiger partial charge in [0.1, 0.15) is 0 Å². The molecule has 0 spiro atoms. The molecule has 0 aromatic carbocycles. The molecule has 0 rings (SSSR count). The minimum Gasteiger partial charge on any atom is -0.268 e. The zero-order valence-electron chi connectivity index (χ0n) is 9.46. The van der Waals surface area contributed by atoms with E-state index in [1.807, 2.05) is 6.92 Å². The molecule has 14 heavy (non-hydrogen) atoms. The van der Waals surface area contributed by atoms with E-state index < -0.39 is 0 Å². The summed E-state index contributed by atoms with van der Waals surface area (Å²) < 4.78 is 0. The van der Waals surface area contributed by atoms with Crippen molar-refractivity contribution in [2.24, 2.45) is 10.2 Å². The second-order valence-electron chi connectivity index (χ2n) is 3.55. The molecule has 0 fully saturated rings. The van der Waals surface area contributed by atoms with Crippen LogP contribution in [-0.4, -0.2) is 12.4 Å². The number of hydrogen-bond donors (Lipinski definition) is 0. The summed E-state index contributed by atoms with van der Waals surface area (Å²) in [5.41, 5.74) is 0. The summed E-state index contributed by atoms with van der Waals surface area (Å²) in [5.74, 6) is 0.503. The lowest BCUT2D eigenvalue weighted by atomic mass is 10.1. The van der Waals surface area contributed by atoms with Gasteiger partial charge < -0.3 is 0 Å². The van der Waals surface area contributed by atoms with Crippen LogP contribution in [0.15, 0.2) is 10.2 Å². The number of rotatable bonds is 8. The normalized spacial score (nSPS) is 11.7. The average Bonchev–Trinajstić information content (AvgIpc) is 2.22. The molecular formula is C11H22N2O. The fourth-order valence-electron chi connectivity index (χ4n) is 1.28. The number of nitrogens with zero attached hydrogens (tertiary/aromatic N) is 2. The maximum Gasteiger partial charge on any atom is 0.168 e. The van der Waals surface area contributed by atoms with Gasteiger partial charge in [-0.25, -0.2) is 0 Å². The topological polar surface area (TPSA) is 41.8 Å². The van der Waals surface area contributed by atoms with Crippen LogP contribution in [-0.2, 0) is 0 Å². The lowest BCUT2D eigenvalue weighted by Gasteiger charge is -1.98. The largest absolute Gasteiger partial charge is 0.268 e. The zero-order chi connectivity index (χ0) is 10.6. The van der Waals surface area contributed by atoms with E-state index in [1.165, 1.54) is 25.7 Å². The van der Waals surface area contributed by atoms with Gasteiger partial charge in [0.05, 0.1) is 0 Å². The smallest absolute Gasteiger partial charge is 0.168 e. The third-order valence-electron chi connectivity index (χ3n) is 2.13. The minimum atomic E-state index is 0.503. The summed E-state index contributed by atoms with van der Waals surface area (Å²) in [4.78, 5) is 14.5. The lowest BCUT2D eigenvalue weighted by Crippen LogP contribution is -1.95. The van der Waals surface area contributed by atoms with Crippen molar-refractivity contribution in [3.63, 3.8) is 0 Å². The van der Waals surface area contributed by atoms with Gasteiger partial charge in [-0.3, -0.25) is 4.99 Å². The van der Waals surface area contributed by atoms with Crippen molar-refractivity contribution in [1.29, 1.82) is 0 Å². The molecule has 0 saturated carbocycles. The van der Waals surface area contributed by atoms with Gasteiger partial charge in [0, 0.05) is 13.0 Å². The van der Waals surface area contributed by atoms with Crippen molar-refractivity contribution in [1.82, 2.24) is 0 Å². The second kappa shape index (κ2) is 10.4. The Bertz CT molecular complexity index is 167. The first kappa shape index (κ1) is 13.3. The Labute approximate surface area is 87.0 Å². The van der Waals surface area contributed by atoms with Crippen molar-refractivity contribution < 1.29 is 0 Å². The van der Waals surface area contributed by atoms with Crippen molar-refractivity contribution in [2.75, 3.05) is 6.54 Å². The Morgan fingerprint density at radius 1 is 1.00 bits per heavy atom. The van der Waals surface area contributed by atoms with E-state index in [0.717, 1.165) is 25.8 Å². The van der Waals surface area contributed by atoms with Crippen molar-refractivity contribution in [2.45, 2.75) is 58.8 Å². The summed E-state index contributed by atoms with van der Waals surface area (Å²) in [6, 6.07) is 0. The van der Waals surface area contributed by atoms with Gasteiger partial charge in [-0.2, -0.15) is 0 Å². The van der Waals surface area contributed by atoms with Gasteiger partial charge in [0.2, 0.25) is 0 Å². The van der Waals surface area contributed by atoms with Gasteiger partial charge >= 0.3 is 0 Å². The van der Waals surface area contributed by atoms with Crippen LogP contribution in [0.1, 0.15) is 58.8 Å². The molecule has 3 heteroatoms. The Hall–Kier alpha value is -0.730. The van der Waals surface area contributed by atoms with Crippen molar-refractivity contribution >= 4 is 5.84 Å². The van der Waals surface area contributed by atoms with E-state index in [9.17, 15) is 4.91 Å². The predicted molar refractivity (Wildman–Crippen MR) is 61.8 cm³/mol. The van der Waals surface area contributed by atoms with Crippen LogP contribution in [0.4, 0.5) is 0 Å².